The highest BCUT2D eigenvalue weighted by Gasteiger charge is 2.13. The molecule has 2 heterocycles. The summed E-state index contributed by atoms with van der Waals surface area (Å²) in [5.41, 5.74) is 3.48. The van der Waals surface area contributed by atoms with Crippen LogP contribution in [-0.4, -0.2) is 43.1 Å². The number of aromatic nitrogens is 2. The fourth-order valence-electron chi connectivity index (χ4n) is 3.41. The van der Waals surface area contributed by atoms with Gasteiger partial charge in [0.05, 0.1) is 20.3 Å². The van der Waals surface area contributed by atoms with E-state index in [1.807, 2.05) is 30.3 Å². The van der Waals surface area contributed by atoms with E-state index in [-0.39, 0.29) is 0 Å². The summed E-state index contributed by atoms with van der Waals surface area (Å²) in [4.78, 5) is 4.05. The molecule has 2 aromatic carbocycles. The summed E-state index contributed by atoms with van der Waals surface area (Å²) < 4.78 is 12.9. The largest absolute Gasteiger partial charge is 0.409 e. The van der Waals surface area contributed by atoms with Gasteiger partial charge in [-0.3, -0.25) is 0 Å². The molecule has 1 saturated heterocycles. The van der Waals surface area contributed by atoms with Crippen molar-refractivity contribution in [1.82, 2.24) is 9.78 Å². The Morgan fingerprint density at radius 2 is 1.75 bits per heavy atom. The third-order valence-corrected chi connectivity index (χ3v) is 5.16. The molecule has 1 atom stereocenters. The van der Waals surface area contributed by atoms with Crippen LogP contribution < -0.4 is 9.80 Å². The molecule has 0 amide bonds. The number of hydrogen-bond donors (Lipinski definition) is 1. The fourth-order valence-corrected chi connectivity index (χ4v) is 3.59. The molecule has 1 fully saturated rings. The molecule has 0 spiro atoms. The van der Waals surface area contributed by atoms with E-state index < -0.39 is 0 Å². The molecule has 3 aromatic rings. The van der Waals surface area contributed by atoms with E-state index in [2.05, 4.69) is 41.3 Å². The van der Waals surface area contributed by atoms with Gasteiger partial charge in [-0.15, -0.1) is 5.10 Å². The zero-order valence-corrected chi connectivity index (χ0v) is 16.8. The first-order valence-corrected chi connectivity index (χ1v) is 9.96. The maximum absolute atomic E-state index is 5.67. The summed E-state index contributed by atoms with van der Waals surface area (Å²) in [5, 5.41) is 4.54. The Kier molecular flexibility index (Phi) is 5.85. The van der Waals surface area contributed by atoms with Gasteiger partial charge in [-0.1, -0.05) is 30.3 Å². The van der Waals surface area contributed by atoms with Gasteiger partial charge in [0.1, 0.15) is 6.54 Å². The first-order chi connectivity index (χ1) is 13.7. The second-order valence-electron chi connectivity index (χ2n) is 7.10. The minimum atomic E-state index is 0.404. The Morgan fingerprint density at radius 1 is 1.04 bits per heavy atom. The average Bonchev–Trinajstić information content (AvgIpc) is 3.10. The van der Waals surface area contributed by atoms with Gasteiger partial charge in [-0.05, 0) is 36.5 Å². The van der Waals surface area contributed by atoms with Crippen molar-refractivity contribution in [2.45, 2.75) is 13.2 Å². The number of quaternary nitrogens is 1. The molecule has 0 aliphatic carbocycles. The molecule has 1 aliphatic heterocycles. The van der Waals surface area contributed by atoms with Crippen LogP contribution >= 0.6 is 12.2 Å². The van der Waals surface area contributed by atoms with Gasteiger partial charge in [-0.25, -0.2) is 0 Å². The third kappa shape index (κ3) is 4.49. The highest BCUT2D eigenvalue weighted by atomic mass is 32.1. The maximum atomic E-state index is 5.67. The molecule has 146 valence electrons. The van der Waals surface area contributed by atoms with Crippen molar-refractivity contribution in [3.8, 4) is 11.5 Å². The molecule has 28 heavy (non-hydrogen) atoms. The number of anilines is 1. The lowest BCUT2D eigenvalue weighted by molar-refractivity contribution is -0.917. The van der Waals surface area contributed by atoms with E-state index in [1.54, 1.807) is 4.68 Å². The van der Waals surface area contributed by atoms with Gasteiger partial charge < -0.3 is 19.0 Å². The molecular formula is C21H25N4O2S+. The first-order valence-electron chi connectivity index (χ1n) is 9.55. The second kappa shape index (κ2) is 8.68. The molecular weight excluding hydrogens is 372 g/mol. The van der Waals surface area contributed by atoms with Crippen molar-refractivity contribution in [1.29, 1.82) is 0 Å². The zero-order valence-electron chi connectivity index (χ0n) is 16.0. The molecule has 1 aromatic heterocycles. The minimum Gasteiger partial charge on any atom is -0.409 e. The predicted octanol–water partition coefficient (Wildman–Crippen LogP) is 2.38. The first kappa shape index (κ1) is 18.9. The van der Waals surface area contributed by atoms with Gasteiger partial charge in [-0.2, -0.15) is 4.68 Å². The smallest absolute Gasteiger partial charge is 0.292 e. The molecule has 1 unspecified atom stereocenters. The van der Waals surface area contributed by atoms with Gasteiger partial charge in [0.15, 0.2) is 6.67 Å². The van der Waals surface area contributed by atoms with Crippen molar-refractivity contribution < 1.29 is 14.1 Å². The van der Waals surface area contributed by atoms with E-state index in [9.17, 15) is 0 Å². The van der Waals surface area contributed by atoms with Crippen molar-refractivity contribution in [3.63, 3.8) is 0 Å². The van der Waals surface area contributed by atoms with E-state index in [0.29, 0.717) is 17.4 Å². The van der Waals surface area contributed by atoms with E-state index in [0.717, 1.165) is 38.4 Å². The highest BCUT2D eigenvalue weighted by Crippen LogP contribution is 2.17. The Balaban J connectivity index is 1.38. The second-order valence-corrected chi connectivity index (χ2v) is 7.45. The van der Waals surface area contributed by atoms with E-state index in [1.165, 1.54) is 16.2 Å². The summed E-state index contributed by atoms with van der Waals surface area (Å²) in [6, 6.07) is 18.6. The number of nitrogens with one attached hydrogen (secondary N) is 1. The quantitative estimate of drug-likeness (QED) is 0.647. The van der Waals surface area contributed by atoms with Crippen LogP contribution in [0, 0.1) is 4.84 Å². The SMILES string of the molecule is C[NH+](Cc1ccc(N2CCOCC2)cc1)Cn1nc(-c2ccccc2)oc1=S. The monoisotopic (exact) mass is 397 g/mol. The number of ether oxygens (including phenoxy) is 1. The zero-order chi connectivity index (χ0) is 19.3. The van der Waals surface area contributed by atoms with Crippen LogP contribution in [0.5, 0.6) is 0 Å². The Bertz CT molecular complexity index is 947. The normalized spacial score (nSPS) is 15.5. The molecule has 1 aliphatic rings. The van der Waals surface area contributed by atoms with Gasteiger partial charge in [0.25, 0.3) is 4.84 Å². The van der Waals surface area contributed by atoms with Crippen LogP contribution in [0.25, 0.3) is 11.5 Å². The number of nitrogens with zero attached hydrogens (tertiary/aromatic N) is 3. The molecule has 7 heteroatoms. The Morgan fingerprint density at radius 3 is 2.46 bits per heavy atom. The van der Waals surface area contributed by atoms with Crippen LogP contribution in [-0.2, 0) is 18.0 Å². The van der Waals surface area contributed by atoms with Crippen LogP contribution in [0.3, 0.4) is 0 Å². The van der Waals surface area contributed by atoms with Crippen LogP contribution in [0.1, 0.15) is 5.56 Å². The average molecular weight is 398 g/mol. The molecule has 6 nitrogen and oxygen atoms in total. The van der Waals surface area contributed by atoms with Gasteiger partial charge in [0, 0.05) is 29.9 Å². The summed E-state index contributed by atoms with van der Waals surface area (Å²) in [6.45, 7) is 5.06. The predicted molar refractivity (Wildman–Crippen MR) is 111 cm³/mol. The van der Waals surface area contributed by atoms with Gasteiger partial charge >= 0.3 is 0 Å². The molecule has 0 bridgehead atoms. The molecule has 0 saturated carbocycles. The summed E-state index contributed by atoms with van der Waals surface area (Å²) >= 11 is 5.35. The fraction of sp³-hybridized carbons (Fsp3) is 0.333. The highest BCUT2D eigenvalue weighted by molar-refractivity contribution is 7.71. The Labute approximate surface area is 169 Å². The summed E-state index contributed by atoms with van der Waals surface area (Å²) in [6.07, 6.45) is 0. The van der Waals surface area contributed by atoms with Crippen molar-refractivity contribution in [2.75, 3.05) is 38.3 Å². The van der Waals surface area contributed by atoms with E-state index in [4.69, 9.17) is 21.4 Å². The van der Waals surface area contributed by atoms with Gasteiger partial charge in [0.2, 0.25) is 5.89 Å². The van der Waals surface area contributed by atoms with Crippen LogP contribution in [0.15, 0.2) is 59.0 Å². The van der Waals surface area contributed by atoms with Crippen molar-refractivity contribution >= 4 is 17.9 Å². The number of hydrogen-bond acceptors (Lipinski definition) is 5. The molecule has 0 radical (unpaired) electrons. The minimum absolute atomic E-state index is 0.404. The number of benzene rings is 2. The van der Waals surface area contributed by atoms with Crippen LogP contribution in [0.4, 0.5) is 5.69 Å². The summed E-state index contributed by atoms with van der Waals surface area (Å²) in [5.74, 6) is 0.563. The Hall–Kier alpha value is -2.48. The topological polar surface area (TPSA) is 47.9 Å². The lowest BCUT2D eigenvalue weighted by Gasteiger charge is -2.29. The molecule has 4 rings (SSSR count). The van der Waals surface area contributed by atoms with Crippen molar-refractivity contribution in [3.05, 3.63) is 65.0 Å². The van der Waals surface area contributed by atoms with Crippen molar-refractivity contribution in [2.24, 2.45) is 0 Å². The molecule has 1 N–H and O–H groups in total. The lowest BCUT2D eigenvalue weighted by atomic mass is 10.2. The number of rotatable bonds is 6. The standard InChI is InChI=1S/C21H24N4O2S/c1-23(15-17-7-9-19(10-8-17)24-11-13-26-14-12-24)16-25-21(28)27-20(22-25)18-5-3-2-4-6-18/h2-10H,11-16H2,1H3/p+1. The summed E-state index contributed by atoms with van der Waals surface area (Å²) in [7, 11) is 2.13. The number of morpholine rings is 1. The van der Waals surface area contributed by atoms with Crippen LogP contribution in [0.2, 0.25) is 0 Å². The maximum Gasteiger partial charge on any atom is 0.292 e. The lowest BCUT2D eigenvalue weighted by Crippen LogP contribution is -3.07. The van der Waals surface area contributed by atoms with E-state index >= 15 is 0 Å². The third-order valence-electron chi connectivity index (χ3n) is 4.87.